The molecular formula is C16H21N3O2S. The number of benzene rings is 1. The zero-order chi connectivity index (χ0) is 16.4. The lowest BCUT2D eigenvalue weighted by Crippen LogP contribution is -2.13. The maximum Gasteiger partial charge on any atom is 0.230 e. The molecule has 0 saturated carbocycles. The van der Waals surface area contributed by atoms with E-state index < -0.39 is 10.0 Å². The Morgan fingerprint density at radius 1 is 1.05 bits per heavy atom. The van der Waals surface area contributed by atoms with Gasteiger partial charge in [0.05, 0.1) is 18.1 Å². The van der Waals surface area contributed by atoms with Crippen molar-refractivity contribution in [1.82, 2.24) is 4.98 Å². The van der Waals surface area contributed by atoms with Crippen molar-refractivity contribution in [3.8, 4) is 0 Å². The van der Waals surface area contributed by atoms with Crippen molar-refractivity contribution in [3.05, 3.63) is 48.2 Å². The summed E-state index contributed by atoms with van der Waals surface area (Å²) in [6, 6.07) is 11.5. The number of rotatable bonds is 4. The highest BCUT2D eigenvalue weighted by Crippen LogP contribution is 2.31. The standard InChI is InChI=1S/C16H21N3O2S/c1-16(2,3)13-7-5-6-8-14(13)18-12-9-10-15(17-11-12)19-22(4,20)21/h5-11,18H,1-4H3,(H,17,19). The summed E-state index contributed by atoms with van der Waals surface area (Å²) in [7, 11) is -3.31. The SMILES string of the molecule is CC(C)(C)c1ccccc1Nc1ccc(NS(C)(=O)=O)nc1. The van der Waals surface area contributed by atoms with Crippen molar-refractivity contribution >= 4 is 27.2 Å². The van der Waals surface area contributed by atoms with E-state index in [1.807, 2.05) is 18.2 Å². The maximum absolute atomic E-state index is 11.2. The lowest BCUT2D eigenvalue weighted by Gasteiger charge is -2.23. The lowest BCUT2D eigenvalue weighted by atomic mass is 9.86. The third-order valence-corrected chi connectivity index (χ3v) is 3.65. The molecule has 0 spiro atoms. The van der Waals surface area contributed by atoms with Gasteiger partial charge in [-0.15, -0.1) is 0 Å². The Morgan fingerprint density at radius 3 is 2.27 bits per heavy atom. The van der Waals surface area contributed by atoms with Gasteiger partial charge >= 0.3 is 0 Å². The van der Waals surface area contributed by atoms with E-state index in [9.17, 15) is 8.42 Å². The second kappa shape index (κ2) is 5.96. The summed E-state index contributed by atoms with van der Waals surface area (Å²) in [4.78, 5) is 4.10. The highest BCUT2D eigenvalue weighted by Gasteiger charge is 2.17. The van der Waals surface area contributed by atoms with Crippen molar-refractivity contribution in [3.63, 3.8) is 0 Å². The average Bonchev–Trinajstić information content (AvgIpc) is 2.39. The molecule has 0 saturated heterocycles. The molecule has 2 rings (SSSR count). The van der Waals surface area contributed by atoms with Crippen LogP contribution in [0, 0.1) is 0 Å². The van der Waals surface area contributed by atoms with E-state index in [0.717, 1.165) is 17.6 Å². The van der Waals surface area contributed by atoms with Gasteiger partial charge in [0.25, 0.3) is 0 Å². The first-order chi connectivity index (χ1) is 10.1. The molecule has 1 aromatic heterocycles. The van der Waals surface area contributed by atoms with E-state index in [4.69, 9.17) is 0 Å². The molecule has 0 fully saturated rings. The first kappa shape index (κ1) is 16.3. The van der Waals surface area contributed by atoms with Gasteiger partial charge in [-0.25, -0.2) is 13.4 Å². The summed E-state index contributed by atoms with van der Waals surface area (Å²) >= 11 is 0. The molecule has 22 heavy (non-hydrogen) atoms. The molecular weight excluding hydrogens is 298 g/mol. The number of nitrogens with zero attached hydrogens (tertiary/aromatic N) is 1. The van der Waals surface area contributed by atoms with Crippen LogP contribution in [0.5, 0.6) is 0 Å². The third-order valence-electron chi connectivity index (χ3n) is 3.07. The molecule has 0 aliphatic rings. The number of anilines is 3. The van der Waals surface area contributed by atoms with Gasteiger partial charge in [-0.05, 0) is 29.2 Å². The topological polar surface area (TPSA) is 71.1 Å². The van der Waals surface area contributed by atoms with Crippen molar-refractivity contribution in [1.29, 1.82) is 0 Å². The number of nitrogens with one attached hydrogen (secondary N) is 2. The smallest absolute Gasteiger partial charge is 0.230 e. The van der Waals surface area contributed by atoms with Crippen molar-refractivity contribution < 1.29 is 8.42 Å². The molecule has 6 heteroatoms. The molecule has 0 unspecified atom stereocenters. The first-order valence-electron chi connectivity index (χ1n) is 6.95. The van der Waals surface area contributed by atoms with Crippen LogP contribution < -0.4 is 10.0 Å². The predicted octanol–water partition coefficient (Wildman–Crippen LogP) is 3.49. The quantitative estimate of drug-likeness (QED) is 0.905. The minimum Gasteiger partial charge on any atom is -0.354 e. The van der Waals surface area contributed by atoms with Gasteiger partial charge in [0.15, 0.2) is 0 Å². The molecule has 0 atom stereocenters. The van der Waals surface area contributed by atoms with Crippen molar-refractivity contribution in [2.24, 2.45) is 0 Å². The second-order valence-electron chi connectivity index (χ2n) is 6.23. The number of aromatic nitrogens is 1. The molecule has 2 N–H and O–H groups in total. The molecule has 0 radical (unpaired) electrons. The Bertz CT molecular complexity index is 748. The van der Waals surface area contributed by atoms with Gasteiger partial charge in [-0.3, -0.25) is 4.72 Å². The minimum atomic E-state index is -3.31. The van der Waals surface area contributed by atoms with Crippen LogP contribution in [0.25, 0.3) is 0 Å². The monoisotopic (exact) mass is 319 g/mol. The fourth-order valence-corrected chi connectivity index (χ4v) is 2.62. The zero-order valence-corrected chi connectivity index (χ0v) is 14.0. The lowest BCUT2D eigenvalue weighted by molar-refractivity contribution is 0.592. The first-order valence-corrected chi connectivity index (χ1v) is 8.85. The van der Waals surface area contributed by atoms with Crippen LogP contribution in [0.1, 0.15) is 26.3 Å². The summed E-state index contributed by atoms with van der Waals surface area (Å²) in [5.74, 6) is 0.303. The Balaban J connectivity index is 2.22. The highest BCUT2D eigenvalue weighted by atomic mass is 32.2. The van der Waals surface area contributed by atoms with Crippen LogP contribution >= 0.6 is 0 Å². The third kappa shape index (κ3) is 4.46. The normalized spacial score (nSPS) is 12.0. The summed E-state index contributed by atoms with van der Waals surface area (Å²) in [5.41, 5.74) is 3.04. The van der Waals surface area contributed by atoms with Crippen molar-refractivity contribution in [2.75, 3.05) is 16.3 Å². The molecule has 0 aliphatic heterocycles. The van der Waals surface area contributed by atoms with E-state index in [1.165, 1.54) is 5.56 Å². The maximum atomic E-state index is 11.2. The predicted molar refractivity (Wildman–Crippen MR) is 91.1 cm³/mol. The van der Waals surface area contributed by atoms with Crippen molar-refractivity contribution in [2.45, 2.75) is 26.2 Å². The average molecular weight is 319 g/mol. The molecule has 5 nitrogen and oxygen atoms in total. The Labute approximate surface area is 131 Å². The molecule has 1 heterocycles. The van der Waals surface area contributed by atoms with Crippen LogP contribution in [-0.2, 0) is 15.4 Å². The van der Waals surface area contributed by atoms with E-state index in [1.54, 1.807) is 18.3 Å². The van der Waals surface area contributed by atoms with E-state index in [2.05, 4.69) is 41.9 Å². The molecule has 0 amide bonds. The molecule has 2 aromatic rings. The van der Waals surface area contributed by atoms with Crippen LogP contribution in [-0.4, -0.2) is 19.7 Å². The Morgan fingerprint density at radius 2 is 1.73 bits per heavy atom. The highest BCUT2D eigenvalue weighted by molar-refractivity contribution is 7.92. The van der Waals surface area contributed by atoms with Gasteiger partial charge in [-0.1, -0.05) is 39.0 Å². The Kier molecular flexibility index (Phi) is 4.42. The number of para-hydroxylation sites is 1. The van der Waals surface area contributed by atoms with Gasteiger partial charge in [0, 0.05) is 5.69 Å². The van der Waals surface area contributed by atoms with Gasteiger partial charge < -0.3 is 5.32 Å². The van der Waals surface area contributed by atoms with E-state index in [-0.39, 0.29) is 5.41 Å². The number of hydrogen-bond acceptors (Lipinski definition) is 4. The van der Waals surface area contributed by atoms with Crippen LogP contribution in [0.3, 0.4) is 0 Å². The minimum absolute atomic E-state index is 0.0226. The fourth-order valence-electron chi connectivity index (χ4n) is 2.12. The Hall–Kier alpha value is -2.08. The second-order valence-corrected chi connectivity index (χ2v) is 7.98. The molecule has 118 valence electrons. The van der Waals surface area contributed by atoms with Gasteiger partial charge in [0.2, 0.25) is 10.0 Å². The molecule has 0 aliphatic carbocycles. The zero-order valence-electron chi connectivity index (χ0n) is 13.2. The summed E-state index contributed by atoms with van der Waals surface area (Å²) < 4.78 is 24.7. The number of pyridine rings is 1. The number of hydrogen-bond donors (Lipinski definition) is 2. The summed E-state index contributed by atoms with van der Waals surface area (Å²) in [5, 5.41) is 3.33. The van der Waals surface area contributed by atoms with Crippen LogP contribution in [0.15, 0.2) is 42.6 Å². The molecule has 0 bridgehead atoms. The summed E-state index contributed by atoms with van der Waals surface area (Å²) in [6.45, 7) is 6.47. The van der Waals surface area contributed by atoms with Crippen LogP contribution in [0.2, 0.25) is 0 Å². The van der Waals surface area contributed by atoms with Gasteiger partial charge in [0.1, 0.15) is 5.82 Å². The fraction of sp³-hybridized carbons (Fsp3) is 0.312. The van der Waals surface area contributed by atoms with Gasteiger partial charge in [-0.2, -0.15) is 0 Å². The van der Waals surface area contributed by atoms with E-state index in [0.29, 0.717) is 5.82 Å². The summed E-state index contributed by atoms with van der Waals surface area (Å²) in [6.07, 6.45) is 2.70. The largest absolute Gasteiger partial charge is 0.354 e. The van der Waals surface area contributed by atoms with Crippen LogP contribution in [0.4, 0.5) is 17.2 Å². The van der Waals surface area contributed by atoms with E-state index >= 15 is 0 Å². The number of sulfonamides is 1. The molecule has 1 aromatic carbocycles.